The molecule has 0 radical (unpaired) electrons. The summed E-state index contributed by atoms with van der Waals surface area (Å²) in [5, 5.41) is 12.7. The number of hydrogen-bond donors (Lipinski definition) is 2. The summed E-state index contributed by atoms with van der Waals surface area (Å²) in [5.74, 6) is 0.0670. The zero-order valence-electron chi connectivity index (χ0n) is 17.0. The molecule has 8 nitrogen and oxygen atoms in total. The Kier molecular flexibility index (Phi) is 6.11. The summed E-state index contributed by atoms with van der Waals surface area (Å²) in [6, 6.07) is 7.22. The first-order valence-electron chi connectivity index (χ1n) is 10.5. The highest BCUT2D eigenvalue weighted by Gasteiger charge is 2.35. The predicted molar refractivity (Wildman–Crippen MR) is 112 cm³/mol. The van der Waals surface area contributed by atoms with Crippen LogP contribution in [0.4, 0.5) is 10.6 Å². The minimum Gasteiger partial charge on any atom is -0.481 e. The van der Waals surface area contributed by atoms with Crippen molar-refractivity contribution in [3.63, 3.8) is 0 Å². The maximum atomic E-state index is 12.9. The second-order valence-corrected chi connectivity index (χ2v) is 7.81. The molecule has 158 valence electrons. The number of carboxylic acids is 1. The van der Waals surface area contributed by atoms with Crippen molar-refractivity contribution in [3.8, 4) is 0 Å². The highest BCUT2D eigenvalue weighted by Crippen LogP contribution is 2.28. The van der Waals surface area contributed by atoms with Gasteiger partial charge in [0.05, 0.1) is 12.5 Å². The predicted octanol–water partition coefficient (Wildman–Crippen LogP) is 2.72. The third kappa shape index (κ3) is 4.53. The van der Waals surface area contributed by atoms with Crippen molar-refractivity contribution in [2.24, 2.45) is 0 Å². The number of amides is 2. The lowest BCUT2D eigenvalue weighted by Gasteiger charge is -2.27. The lowest BCUT2D eigenvalue weighted by Crippen LogP contribution is -2.36. The number of urea groups is 1. The van der Waals surface area contributed by atoms with Gasteiger partial charge < -0.3 is 20.2 Å². The molecule has 2 amide bonds. The Labute approximate surface area is 175 Å². The SMILES string of the molecule is O=C(O)CC(c1cccnc1)N1CCN(CCCc2ccc3c(n2)NCCC3)C1=O. The molecule has 2 aromatic rings. The Bertz CT molecular complexity index is 905. The van der Waals surface area contributed by atoms with Crippen molar-refractivity contribution in [1.82, 2.24) is 19.8 Å². The van der Waals surface area contributed by atoms with Gasteiger partial charge in [-0.05, 0) is 48.9 Å². The number of nitrogens with zero attached hydrogens (tertiary/aromatic N) is 4. The third-order valence-corrected chi connectivity index (χ3v) is 5.75. The van der Waals surface area contributed by atoms with Crippen molar-refractivity contribution < 1.29 is 14.7 Å². The molecule has 30 heavy (non-hydrogen) atoms. The second kappa shape index (κ2) is 9.11. The Hall–Kier alpha value is -3.16. The molecule has 0 bridgehead atoms. The van der Waals surface area contributed by atoms with Crippen molar-refractivity contribution >= 4 is 17.8 Å². The van der Waals surface area contributed by atoms with E-state index in [9.17, 15) is 14.7 Å². The van der Waals surface area contributed by atoms with Gasteiger partial charge in [0, 0.05) is 44.3 Å². The number of fused-ring (bicyclic) bond motifs is 1. The number of carboxylic acid groups (broad SMARTS) is 1. The van der Waals surface area contributed by atoms with E-state index in [2.05, 4.69) is 22.4 Å². The normalized spacial score (nSPS) is 16.9. The van der Waals surface area contributed by atoms with Gasteiger partial charge in [0.15, 0.2) is 0 Å². The Morgan fingerprint density at radius 1 is 1.27 bits per heavy atom. The topological polar surface area (TPSA) is 98.7 Å². The zero-order chi connectivity index (χ0) is 20.9. The van der Waals surface area contributed by atoms with Crippen molar-refractivity contribution in [2.45, 2.75) is 38.1 Å². The molecule has 0 aromatic carbocycles. The van der Waals surface area contributed by atoms with Gasteiger partial charge >= 0.3 is 12.0 Å². The Balaban J connectivity index is 1.35. The number of hydrogen-bond acceptors (Lipinski definition) is 5. The average molecular weight is 409 g/mol. The van der Waals surface area contributed by atoms with Crippen LogP contribution >= 0.6 is 0 Å². The van der Waals surface area contributed by atoms with Crippen LogP contribution in [-0.2, 0) is 17.6 Å². The fourth-order valence-corrected chi connectivity index (χ4v) is 4.20. The van der Waals surface area contributed by atoms with Crippen molar-refractivity contribution in [3.05, 3.63) is 53.5 Å². The summed E-state index contributed by atoms with van der Waals surface area (Å²) in [7, 11) is 0. The molecule has 1 atom stereocenters. The van der Waals surface area contributed by atoms with Crippen molar-refractivity contribution in [2.75, 3.05) is 31.5 Å². The number of aromatic nitrogens is 2. The van der Waals surface area contributed by atoms with Gasteiger partial charge in [0.25, 0.3) is 0 Å². The third-order valence-electron chi connectivity index (χ3n) is 5.75. The maximum absolute atomic E-state index is 12.9. The molecule has 1 unspecified atom stereocenters. The molecule has 1 fully saturated rings. The van der Waals surface area contributed by atoms with E-state index in [0.29, 0.717) is 19.6 Å². The summed E-state index contributed by atoms with van der Waals surface area (Å²) in [6.45, 7) is 2.73. The minimum absolute atomic E-state index is 0.106. The molecule has 4 rings (SSSR count). The molecule has 2 aliphatic heterocycles. The van der Waals surface area contributed by atoms with Crippen LogP contribution in [0.15, 0.2) is 36.7 Å². The smallest absolute Gasteiger partial charge is 0.320 e. The standard InChI is InChI=1S/C22H27N5O3/c28-20(29)14-19(17-5-1-9-23-15-17)27-13-12-26(22(27)30)11-3-6-18-8-7-16-4-2-10-24-21(16)25-18/h1,5,7-9,15,19H,2-4,6,10-14H2,(H,24,25)(H,28,29). The van der Waals surface area contributed by atoms with E-state index in [1.807, 2.05) is 11.0 Å². The van der Waals surface area contributed by atoms with E-state index in [1.165, 1.54) is 5.56 Å². The highest BCUT2D eigenvalue weighted by molar-refractivity contribution is 5.78. The lowest BCUT2D eigenvalue weighted by molar-refractivity contribution is -0.138. The lowest BCUT2D eigenvalue weighted by atomic mass is 10.0. The van der Waals surface area contributed by atoms with E-state index < -0.39 is 12.0 Å². The van der Waals surface area contributed by atoms with Gasteiger partial charge in [-0.2, -0.15) is 0 Å². The van der Waals surface area contributed by atoms with Gasteiger partial charge in [-0.15, -0.1) is 0 Å². The van der Waals surface area contributed by atoms with E-state index in [1.54, 1.807) is 23.4 Å². The summed E-state index contributed by atoms with van der Waals surface area (Å²) in [5.41, 5.74) is 3.06. The largest absolute Gasteiger partial charge is 0.481 e. The molecular weight excluding hydrogens is 382 g/mol. The molecule has 1 saturated heterocycles. The van der Waals surface area contributed by atoms with Gasteiger partial charge in [-0.25, -0.2) is 9.78 Å². The summed E-state index contributed by atoms with van der Waals surface area (Å²) >= 11 is 0. The second-order valence-electron chi connectivity index (χ2n) is 7.81. The highest BCUT2D eigenvalue weighted by atomic mass is 16.4. The number of rotatable bonds is 8. The van der Waals surface area contributed by atoms with Crippen LogP contribution in [0.2, 0.25) is 0 Å². The van der Waals surface area contributed by atoms with Gasteiger partial charge in [0.2, 0.25) is 0 Å². The number of nitrogens with one attached hydrogen (secondary N) is 1. The fourth-order valence-electron chi connectivity index (χ4n) is 4.20. The van der Waals surface area contributed by atoms with Crippen LogP contribution in [-0.4, -0.2) is 63.1 Å². The Morgan fingerprint density at radius 2 is 2.17 bits per heavy atom. The van der Waals surface area contributed by atoms with Crippen LogP contribution in [0.3, 0.4) is 0 Å². The fraction of sp³-hybridized carbons (Fsp3) is 0.455. The van der Waals surface area contributed by atoms with E-state index in [-0.39, 0.29) is 12.5 Å². The molecule has 0 spiro atoms. The van der Waals surface area contributed by atoms with Crippen LogP contribution in [0, 0.1) is 0 Å². The first-order valence-corrected chi connectivity index (χ1v) is 10.5. The van der Waals surface area contributed by atoms with E-state index >= 15 is 0 Å². The van der Waals surface area contributed by atoms with Crippen LogP contribution in [0.25, 0.3) is 0 Å². The van der Waals surface area contributed by atoms with Crippen molar-refractivity contribution in [1.29, 1.82) is 0 Å². The number of aliphatic carboxylic acids is 1. The zero-order valence-corrected chi connectivity index (χ0v) is 17.0. The molecule has 2 aromatic heterocycles. The number of carbonyl (C=O) groups is 2. The molecule has 2 N–H and O–H groups in total. The number of anilines is 1. The van der Waals surface area contributed by atoms with E-state index in [4.69, 9.17) is 4.98 Å². The molecule has 4 heterocycles. The first kappa shape index (κ1) is 20.1. The van der Waals surface area contributed by atoms with Crippen LogP contribution in [0.1, 0.15) is 42.1 Å². The van der Waals surface area contributed by atoms with Gasteiger partial charge in [0.1, 0.15) is 5.82 Å². The minimum atomic E-state index is -0.929. The van der Waals surface area contributed by atoms with Crippen LogP contribution < -0.4 is 5.32 Å². The molecule has 8 heteroatoms. The Morgan fingerprint density at radius 3 is 2.97 bits per heavy atom. The molecular formula is C22H27N5O3. The first-order chi connectivity index (χ1) is 14.6. The van der Waals surface area contributed by atoms with E-state index in [0.717, 1.165) is 49.3 Å². The summed E-state index contributed by atoms with van der Waals surface area (Å²) in [4.78, 5) is 36.6. The van der Waals surface area contributed by atoms with Gasteiger partial charge in [-0.1, -0.05) is 12.1 Å². The molecule has 0 aliphatic carbocycles. The molecule has 2 aliphatic rings. The van der Waals surface area contributed by atoms with Crippen LogP contribution in [0.5, 0.6) is 0 Å². The average Bonchev–Trinajstić information content (AvgIpc) is 3.12. The maximum Gasteiger partial charge on any atom is 0.320 e. The summed E-state index contributed by atoms with van der Waals surface area (Å²) in [6.07, 6.45) is 6.99. The monoisotopic (exact) mass is 409 g/mol. The number of carbonyl (C=O) groups excluding carboxylic acids is 1. The number of aryl methyl sites for hydroxylation is 2. The number of pyridine rings is 2. The molecule has 0 saturated carbocycles. The summed E-state index contributed by atoms with van der Waals surface area (Å²) < 4.78 is 0. The quantitative estimate of drug-likeness (QED) is 0.696. The van der Waals surface area contributed by atoms with Gasteiger partial charge in [-0.3, -0.25) is 9.78 Å².